The van der Waals surface area contributed by atoms with Crippen molar-refractivity contribution in [3.8, 4) is 0 Å². The van der Waals surface area contributed by atoms with Crippen LogP contribution in [0.15, 0.2) is 24.3 Å². The Morgan fingerprint density at radius 2 is 1.91 bits per heavy atom. The molecule has 0 fully saturated rings. The van der Waals surface area contributed by atoms with Crippen molar-refractivity contribution in [1.29, 1.82) is 0 Å². The molecule has 0 spiro atoms. The van der Waals surface area contributed by atoms with Gasteiger partial charge in [-0.1, -0.05) is 26.0 Å². The van der Waals surface area contributed by atoms with Gasteiger partial charge in [0.1, 0.15) is 5.82 Å². The summed E-state index contributed by atoms with van der Waals surface area (Å²) < 4.78 is 14.8. The number of nitrogens with zero attached hydrogens (tertiary/aromatic N) is 2. The van der Waals surface area contributed by atoms with Gasteiger partial charge >= 0.3 is 0 Å². The topological polar surface area (TPSA) is 50.1 Å². The monoisotopic (exact) mass is 305 g/mol. The van der Waals surface area contributed by atoms with Gasteiger partial charge in [0.25, 0.3) is 0 Å². The minimum absolute atomic E-state index is 0.292. The molecule has 0 amide bonds. The summed E-state index contributed by atoms with van der Waals surface area (Å²) in [5.74, 6) is -0.292. The molecule has 2 aromatic rings. The minimum atomic E-state index is -0.646. The molecule has 0 saturated heterocycles. The van der Waals surface area contributed by atoms with E-state index >= 15 is 0 Å². The Bertz CT molecular complexity index is 607. The Hall–Kier alpha value is -1.72. The first kappa shape index (κ1) is 16.6. The lowest BCUT2D eigenvalue weighted by atomic mass is 10.1. The first-order valence-corrected chi connectivity index (χ1v) is 7.74. The van der Waals surface area contributed by atoms with Crippen molar-refractivity contribution in [1.82, 2.24) is 15.1 Å². The van der Waals surface area contributed by atoms with Gasteiger partial charge in [-0.15, -0.1) is 0 Å². The molecule has 1 heterocycles. The van der Waals surface area contributed by atoms with Gasteiger partial charge in [-0.2, -0.15) is 5.10 Å². The molecule has 2 N–H and O–H groups in total. The minimum Gasteiger partial charge on any atom is -0.387 e. The lowest BCUT2D eigenvalue weighted by Crippen LogP contribution is -2.22. The van der Waals surface area contributed by atoms with E-state index in [0.717, 1.165) is 18.5 Å². The first-order chi connectivity index (χ1) is 10.6. The van der Waals surface area contributed by atoms with Crippen LogP contribution in [0.25, 0.3) is 0 Å². The number of aliphatic hydroxyl groups excluding tert-OH is 1. The average Bonchev–Trinajstić information content (AvgIpc) is 2.83. The lowest BCUT2D eigenvalue weighted by Gasteiger charge is -2.13. The summed E-state index contributed by atoms with van der Waals surface area (Å²) in [5.41, 5.74) is 4.26. The smallest absolute Gasteiger partial charge is 0.123 e. The highest BCUT2D eigenvalue weighted by molar-refractivity contribution is 5.26. The van der Waals surface area contributed by atoms with E-state index in [-0.39, 0.29) is 5.82 Å². The van der Waals surface area contributed by atoms with Crippen molar-refractivity contribution in [3.63, 3.8) is 0 Å². The summed E-state index contributed by atoms with van der Waals surface area (Å²) in [7, 11) is 1.97. The number of hydrogen-bond donors (Lipinski definition) is 2. The highest BCUT2D eigenvalue weighted by Gasteiger charge is 2.14. The fraction of sp³-hybridized carbons (Fsp3) is 0.471. The van der Waals surface area contributed by atoms with Crippen LogP contribution in [0.5, 0.6) is 0 Å². The summed E-state index contributed by atoms with van der Waals surface area (Å²) in [6, 6.07) is 5.95. The summed E-state index contributed by atoms with van der Waals surface area (Å²) in [4.78, 5) is 0. The van der Waals surface area contributed by atoms with Gasteiger partial charge < -0.3 is 10.4 Å². The number of rotatable bonds is 7. The van der Waals surface area contributed by atoms with E-state index in [2.05, 4.69) is 24.3 Å². The zero-order valence-electron chi connectivity index (χ0n) is 13.4. The second-order valence-electron chi connectivity index (χ2n) is 5.40. The van der Waals surface area contributed by atoms with Crippen LogP contribution in [0.2, 0.25) is 0 Å². The van der Waals surface area contributed by atoms with Crippen LogP contribution in [0.3, 0.4) is 0 Å². The number of aryl methyl sites for hydroxylation is 2. The molecule has 1 atom stereocenters. The Labute approximate surface area is 131 Å². The van der Waals surface area contributed by atoms with Gasteiger partial charge in [-0.25, -0.2) is 4.39 Å². The maximum absolute atomic E-state index is 12.9. The van der Waals surface area contributed by atoms with Crippen molar-refractivity contribution in [2.24, 2.45) is 7.05 Å². The van der Waals surface area contributed by atoms with E-state index in [4.69, 9.17) is 0 Å². The summed E-state index contributed by atoms with van der Waals surface area (Å²) in [5, 5.41) is 18.0. The van der Waals surface area contributed by atoms with Crippen LogP contribution >= 0.6 is 0 Å². The number of aromatic nitrogens is 2. The second-order valence-corrected chi connectivity index (χ2v) is 5.40. The Balaban J connectivity index is 1.97. The Morgan fingerprint density at radius 1 is 1.23 bits per heavy atom. The van der Waals surface area contributed by atoms with E-state index in [1.165, 1.54) is 23.4 Å². The highest BCUT2D eigenvalue weighted by atomic mass is 19.1. The standard InChI is InChI=1S/C17H24FN3O/c1-4-15-14(16(5-2)21(3)20-15)10-19-11-17(22)12-6-8-13(18)9-7-12/h6-9,17,19,22H,4-5,10-11H2,1-3H3. The number of hydrogen-bond acceptors (Lipinski definition) is 3. The van der Waals surface area contributed by atoms with E-state index in [9.17, 15) is 9.50 Å². The van der Waals surface area contributed by atoms with E-state index in [1.54, 1.807) is 12.1 Å². The molecular weight excluding hydrogens is 281 g/mol. The third kappa shape index (κ3) is 3.72. The van der Waals surface area contributed by atoms with Crippen molar-refractivity contribution < 1.29 is 9.50 Å². The molecule has 5 heteroatoms. The summed E-state index contributed by atoms with van der Waals surface area (Å²) >= 11 is 0. The van der Waals surface area contributed by atoms with Crippen molar-refractivity contribution >= 4 is 0 Å². The van der Waals surface area contributed by atoms with Gasteiger partial charge in [-0.3, -0.25) is 4.68 Å². The molecule has 4 nitrogen and oxygen atoms in total. The largest absolute Gasteiger partial charge is 0.387 e. The van der Waals surface area contributed by atoms with Gasteiger partial charge in [0.05, 0.1) is 11.8 Å². The molecule has 1 unspecified atom stereocenters. The number of benzene rings is 1. The van der Waals surface area contributed by atoms with Crippen molar-refractivity contribution in [2.45, 2.75) is 39.3 Å². The molecule has 0 saturated carbocycles. The van der Waals surface area contributed by atoms with Gasteiger partial charge in [-0.05, 0) is 30.5 Å². The Morgan fingerprint density at radius 3 is 2.50 bits per heavy atom. The SMILES string of the molecule is CCc1nn(C)c(CC)c1CNCC(O)c1ccc(F)cc1. The van der Waals surface area contributed by atoms with Crippen LogP contribution in [0.4, 0.5) is 4.39 Å². The number of aliphatic hydroxyl groups is 1. The maximum atomic E-state index is 12.9. The quantitative estimate of drug-likeness (QED) is 0.826. The molecule has 0 bridgehead atoms. The zero-order chi connectivity index (χ0) is 16.1. The predicted molar refractivity (Wildman–Crippen MR) is 85.0 cm³/mol. The summed E-state index contributed by atoms with van der Waals surface area (Å²) in [6.45, 7) is 5.32. The fourth-order valence-corrected chi connectivity index (χ4v) is 2.73. The van der Waals surface area contributed by atoms with Crippen molar-refractivity contribution in [3.05, 3.63) is 52.6 Å². The molecule has 22 heavy (non-hydrogen) atoms. The molecule has 2 rings (SSSR count). The third-order valence-corrected chi connectivity index (χ3v) is 3.92. The van der Waals surface area contributed by atoms with Crippen LogP contribution in [0, 0.1) is 5.82 Å². The number of halogens is 1. The lowest BCUT2D eigenvalue weighted by molar-refractivity contribution is 0.174. The van der Waals surface area contributed by atoms with Crippen LogP contribution in [-0.4, -0.2) is 21.4 Å². The first-order valence-electron chi connectivity index (χ1n) is 7.74. The average molecular weight is 305 g/mol. The van der Waals surface area contributed by atoms with Crippen LogP contribution < -0.4 is 5.32 Å². The normalized spacial score (nSPS) is 12.6. The predicted octanol–water partition coefficient (Wildman–Crippen LogP) is 2.51. The van der Waals surface area contributed by atoms with Crippen LogP contribution in [-0.2, 0) is 26.4 Å². The molecule has 0 aliphatic carbocycles. The number of nitrogens with one attached hydrogen (secondary N) is 1. The van der Waals surface area contributed by atoms with E-state index in [1.807, 2.05) is 11.7 Å². The van der Waals surface area contributed by atoms with Gasteiger partial charge in [0, 0.05) is 31.4 Å². The second kappa shape index (κ2) is 7.51. The molecule has 1 aromatic carbocycles. The molecular formula is C17H24FN3O. The molecule has 1 aromatic heterocycles. The maximum Gasteiger partial charge on any atom is 0.123 e. The van der Waals surface area contributed by atoms with Crippen molar-refractivity contribution in [2.75, 3.05) is 6.54 Å². The zero-order valence-corrected chi connectivity index (χ0v) is 13.4. The fourth-order valence-electron chi connectivity index (χ4n) is 2.73. The van der Waals surface area contributed by atoms with E-state index < -0.39 is 6.10 Å². The van der Waals surface area contributed by atoms with Crippen LogP contribution in [0.1, 0.15) is 42.5 Å². The molecule has 0 aliphatic rings. The third-order valence-electron chi connectivity index (χ3n) is 3.92. The highest BCUT2D eigenvalue weighted by Crippen LogP contribution is 2.16. The van der Waals surface area contributed by atoms with Gasteiger partial charge in [0.2, 0.25) is 0 Å². The van der Waals surface area contributed by atoms with E-state index in [0.29, 0.717) is 18.7 Å². The summed E-state index contributed by atoms with van der Waals surface area (Å²) in [6.07, 6.45) is 1.18. The molecule has 0 radical (unpaired) electrons. The Kier molecular flexibility index (Phi) is 5.69. The molecule has 120 valence electrons. The van der Waals surface area contributed by atoms with Gasteiger partial charge in [0.15, 0.2) is 0 Å². The molecule has 0 aliphatic heterocycles.